The minimum Gasteiger partial charge on any atom is -0.744 e. The molecule has 0 saturated heterocycles. The molecule has 0 heterocycles. The third-order valence-corrected chi connectivity index (χ3v) is 11.9. The van der Waals surface area contributed by atoms with Crippen LogP contribution in [0.25, 0.3) is 21.5 Å². The van der Waals surface area contributed by atoms with E-state index in [0.29, 0.717) is 12.8 Å². The van der Waals surface area contributed by atoms with Crippen LogP contribution >= 0.6 is 0 Å². The Bertz CT molecular complexity index is 1770. The molecule has 0 atom stereocenters. The molecule has 0 unspecified atom stereocenters. The van der Waals surface area contributed by atoms with E-state index in [1.165, 1.54) is 25.7 Å². The molecule has 288 valence electrons. The number of hydrogen-bond donors (Lipinski definition) is 0. The summed E-state index contributed by atoms with van der Waals surface area (Å²) in [5.41, 5.74) is 3.69. The third kappa shape index (κ3) is 15.2. The Morgan fingerprint density at radius 3 is 0.981 bits per heavy atom. The largest absolute Gasteiger partial charge is 2.00 e. The molecular weight excluding hydrogens is 729 g/mol. The summed E-state index contributed by atoms with van der Waals surface area (Å²) in [6, 6.07) is 18.9. The molecule has 0 aliphatic rings. The van der Waals surface area contributed by atoms with E-state index in [2.05, 4.69) is 39.8 Å². The molecule has 0 aliphatic heterocycles. The maximum atomic E-state index is 12.0. The Labute approximate surface area is 351 Å². The molecule has 0 aromatic heterocycles. The third-order valence-electron chi connectivity index (χ3n) is 10.1. The molecule has 4 aromatic rings. The second-order valence-electron chi connectivity index (χ2n) is 14.3. The van der Waals surface area contributed by atoms with E-state index in [0.717, 1.165) is 134 Å². The van der Waals surface area contributed by atoms with Gasteiger partial charge in [-0.15, -0.1) is 0 Å². The van der Waals surface area contributed by atoms with Crippen molar-refractivity contribution in [3.05, 3.63) is 82.9 Å². The fourth-order valence-electron chi connectivity index (χ4n) is 7.35. The summed E-state index contributed by atoms with van der Waals surface area (Å²) in [5.74, 6) is 0. The summed E-state index contributed by atoms with van der Waals surface area (Å²) < 4.78 is 71.8. The molecule has 0 aliphatic carbocycles. The minimum absolute atomic E-state index is 0. The van der Waals surface area contributed by atoms with Gasteiger partial charge in [-0.05, 0) is 107 Å². The van der Waals surface area contributed by atoms with Crippen molar-refractivity contribution in [3.8, 4) is 0 Å². The van der Waals surface area contributed by atoms with E-state index in [4.69, 9.17) is 0 Å². The van der Waals surface area contributed by atoms with E-state index in [1.54, 1.807) is 12.1 Å². The minimum atomic E-state index is -4.48. The van der Waals surface area contributed by atoms with Crippen molar-refractivity contribution in [2.45, 2.75) is 166 Å². The molecule has 6 nitrogen and oxygen atoms in total. The van der Waals surface area contributed by atoms with Crippen LogP contribution in [-0.2, 0) is 45.9 Å². The van der Waals surface area contributed by atoms with Crippen molar-refractivity contribution < 1.29 is 25.9 Å². The molecule has 4 rings (SSSR count). The smallest absolute Gasteiger partial charge is 0.744 e. The van der Waals surface area contributed by atoms with Crippen molar-refractivity contribution >= 4 is 79.5 Å². The number of benzene rings is 4. The van der Waals surface area contributed by atoms with Gasteiger partial charge in [0.2, 0.25) is 0 Å². The second-order valence-corrected chi connectivity index (χ2v) is 17.0. The van der Waals surface area contributed by atoms with Crippen LogP contribution in [0.5, 0.6) is 0 Å². The topological polar surface area (TPSA) is 114 Å². The van der Waals surface area contributed by atoms with Crippen LogP contribution < -0.4 is 0 Å². The van der Waals surface area contributed by atoms with Gasteiger partial charge in [-0.3, -0.25) is 0 Å². The number of unbranched alkanes of at least 4 members (excludes halogenated alkanes) is 12. The van der Waals surface area contributed by atoms with Gasteiger partial charge in [-0.25, -0.2) is 16.8 Å². The van der Waals surface area contributed by atoms with Gasteiger partial charge in [0.05, 0.1) is 9.79 Å². The summed E-state index contributed by atoms with van der Waals surface area (Å²) in [6.45, 7) is 8.67. The maximum absolute atomic E-state index is 12.0. The summed E-state index contributed by atoms with van der Waals surface area (Å²) in [7, 11) is -8.95. The predicted octanol–water partition coefficient (Wildman–Crippen LogP) is 11.6. The van der Waals surface area contributed by atoms with E-state index in [1.807, 2.05) is 36.4 Å². The van der Waals surface area contributed by atoms with Crippen LogP contribution in [0, 0.1) is 0 Å². The number of fused-ring (bicyclic) bond motifs is 2. The van der Waals surface area contributed by atoms with Crippen molar-refractivity contribution in [2.24, 2.45) is 0 Å². The summed E-state index contributed by atoms with van der Waals surface area (Å²) in [6.07, 6.45) is 20.6. The van der Waals surface area contributed by atoms with Crippen LogP contribution in [0.4, 0.5) is 0 Å². The molecule has 0 saturated carbocycles. The normalized spacial score (nSPS) is 11.7. The average molecular weight is 791 g/mol. The fourth-order valence-corrected chi connectivity index (χ4v) is 8.95. The van der Waals surface area contributed by atoms with Gasteiger partial charge in [0.25, 0.3) is 0 Å². The Kier molecular flexibility index (Phi) is 22.4. The molecule has 0 fully saturated rings. The zero-order valence-electron chi connectivity index (χ0n) is 32.9. The Balaban J connectivity index is 0.000000360. The average Bonchev–Trinajstić information content (AvgIpc) is 3.12. The summed E-state index contributed by atoms with van der Waals surface area (Å²) in [4.78, 5) is -0.00335. The number of rotatable bonds is 22. The molecule has 0 radical (unpaired) electrons. The zero-order chi connectivity index (χ0) is 38.0. The summed E-state index contributed by atoms with van der Waals surface area (Å²) >= 11 is 0. The first-order chi connectivity index (χ1) is 25.0. The van der Waals surface area contributed by atoms with Crippen molar-refractivity contribution in [1.29, 1.82) is 0 Å². The van der Waals surface area contributed by atoms with E-state index in [9.17, 15) is 25.9 Å². The molecule has 0 amide bonds. The van der Waals surface area contributed by atoms with Gasteiger partial charge < -0.3 is 9.11 Å². The Morgan fingerprint density at radius 1 is 0.415 bits per heavy atom. The van der Waals surface area contributed by atoms with Crippen LogP contribution in [0.15, 0.2) is 70.5 Å². The van der Waals surface area contributed by atoms with E-state index >= 15 is 0 Å². The zero-order valence-corrected chi connectivity index (χ0v) is 36.7. The molecule has 0 spiro atoms. The van der Waals surface area contributed by atoms with Crippen molar-refractivity contribution in [1.82, 2.24) is 0 Å². The molecule has 4 aromatic carbocycles. The molecular formula is C44H62CaO6S2. The first kappa shape index (κ1) is 47.6. The van der Waals surface area contributed by atoms with E-state index < -0.39 is 20.2 Å². The summed E-state index contributed by atoms with van der Waals surface area (Å²) in [5, 5.41) is 3.90. The first-order valence-corrected chi connectivity index (χ1v) is 22.8. The van der Waals surface area contributed by atoms with Gasteiger partial charge in [0.15, 0.2) is 0 Å². The second kappa shape index (κ2) is 24.9. The van der Waals surface area contributed by atoms with Gasteiger partial charge in [0.1, 0.15) is 20.2 Å². The standard InChI is InChI=1S/2C22H32O3S.Ca/c2*1-3-5-7-9-15-20-19-14-12-11-13-18(19)17-22(26(23,24)25)21(20)16-10-8-6-4-2;/h2*11-14,17H,3-10,15-16H2,1-2H3,(H,23,24,25);/q;;+2/p-2. The fraction of sp³-hybridized carbons (Fsp3) is 0.545. The molecule has 9 heteroatoms. The number of aryl methyl sites for hydroxylation is 2. The van der Waals surface area contributed by atoms with Crippen LogP contribution in [0.1, 0.15) is 153 Å². The van der Waals surface area contributed by atoms with Gasteiger partial charge in [0, 0.05) is 0 Å². The van der Waals surface area contributed by atoms with Crippen molar-refractivity contribution in [3.63, 3.8) is 0 Å². The molecule has 0 bridgehead atoms. The predicted molar refractivity (Wildman–Crippen MR) is 221 cm³/mol. The Hall–Kier alpha value is -1.52. The van der Waals surface area contributed by atoms with Gasteiger partial charge in [-0.2, -0.15) is 0 Å². The van der Waals surface area contributed by atoms with Crippen LogP contribution in [-0.4, -0.2) is 63.7 Å². The first-order valence-electron chi connectivity index (χ1n) is 20.0. The van der Waals surface area contributed by atoms with Gasteiger partial charge >= 0.3 is 37.7 Å². The van der Waals surface area contributed by atoms with Crippen LogP contribution in [0.2, 0.25) is 0 Å². The molecule has 53 heavy (non-hydrogen) atoms. The molecule has 0 N–H and O–H groups in total. The van der Waals surface area contributed by atoms with Gasteiger partial charge in [-0.1, -0.05) is 153 Å². The monoisotopic (exact) mass is 790 g/mol. The Morgan fingerprint density at radius 2 is 0.698 bits per heavy atom. The maximum Gasteiger partial charge on any atom is 2.00 e. The SMILES string of the molecule is CCCCCCc1c(S(=O)(=O)[O-])cc2ccccc2c1CCCCCC.CCCCCCc1c(S(=O)(=O)[O-])cc2ccccc2c1CCCCCC.[Ca+2]. The quantitative estimate of drug-likeness (QED) is 0.0445. The number of hydrogen-bond acceptors (Lipinski definition) is 6. The van der Waals surface area contributed by atoms with E-state index in [-0.39, 0.29) is 47.5 Å². The van der Waals surface area contributed by atoms with Crippen LogP contribution in [0.3, 0.4) is 0 Å². The van der Waals surface area contributed by atoms with Crippen molar-refractivity contribution in [2.75, 3.05) is 0 Å².